The predicted molar refractivity (Wildman–Crippen MR) is 56.6 cm³/mol. The summed E-state index contributed by atoms with van der Waals surface area (Å²) in [6.45, 7) is 1.67. The minimum Gasteiger partial charge on any atom is -0.387 e. The van der Waals surface area contributed by atoms with Crippen LogP contribution in [0, 0.1) is 6.92 Å². The SMILES string of the molecule is Cc1ccc(C(O)CN)cc1S(N)(=O)=O. The number of sulfonamides is 1. The second kappa shape index (κ2) is 4.28. The van der Waals surface area contributed by atoms with Crippen LogP contribution < -0.4 is 10.9 Å². The first kappa shape index (κ1) is 12.1. The Morgan fingerprint density at radius 3 is 2.53 bits per heavy atom. The Labute approximate surface area is 88.8 Å². The lowest BCUT2D eigenvalue weighted by molar-refractivity contribution is 0.186. The molecule has 0 heterocycles. The van der Waals surface area contributed by atoms with E-state index in [1.165, 1.54) is 6.07 Å². The number of aliphatic hydroxyl groups is 1. The number of aliphatic hydroxyl groups excluding tert-OH is 1. The van der Waals surface area contributed by atoms with Crippen molar-refractivity contribution >= 4 is 10.0 Å². The molecule has 1 unspecified atom stereocenters. The highest BCUT2D eigenvalue weighted by Crippen LogP contribution is 2.19. The molecule has 0 aliphatic carbocycles. The van der Waals surface area contributed by atoms with Gasteiger partial charge in [0.1, 0.15) is 0 Å². The van der Waals surface area contributed by atoms with Gasteiger partial charge in [0.05, 0.1) is 11.0 Å². The average molecular weight is 230 g/mol. The number of hydrogen-bond donors (Lipinski definition) is 3. The molecule has 0 fully saturated rings. The summed E-state index contributed by atoms with van der Waals surface area (Å²) in [5.74, 6) is 0. The topological polar surface area (TPSA) is 106 Å². The molecule has 5 N–H and O–H groups in total. The van der Waals surface area contributed by atoms with E-state index in [2.05, 4.69) is 0 Å². The van der Waals surface area contributed by atoms with E-state index in [1.54, 1.807) is 19.1 Å². The summed E-state index contributed by atoms with van der Waals surface area (Å²) >= 11 is 0. The Hall–Kier alpha value is -0.950. The molecule has 0 aromatic heterocycles. The third-order valence-corrected chi connectivity index (χ3v) is 3.18. The number of aryl methyl sites for hydroxylation is 1. The van der Waals surface area contributed by atoms with Gasteiger partial charge in [-0.25, -0.2) is 13.6 Å². The molecule has 0 saturated carbocycles. The lowest BCUT2D eigenvalue weighted by Crippen LogP contribution is -2.16. The molecule has 6 heteroatoms. The molecular formula is C9H14N2O3S. The third-order valence-electron chi connectivity index (χ3n) is 2.13. The van der Waals surface area contributed by atoms with Crippen molar-refractivity contribution in [2.24, 2.45) is 10.9 Å². The van der Waals surface area contributed by atoms with Gasteiger partial charge < -0.3 is 10.8 Å². The molecule has 0 aliphatic rings. The minimum atomic E-state index is -3.75. The molecule has 15 heavy (non-hydrogen) atoms. The Morgan fingerprint density at radius 2 is 2.07 bits per heavy atom. The van der Waals surface area contributed by atoms with Crippen molar-refractivity contribution in [2.45, 2.75) is 17.9 Å². The van der Waals surface area contributed by atoms with E-state index < -0.39 is 16.1 Å². The van der Waals surface area contributed by atoms with Crippen LogP contribution in [0.15, 0.2) is 23.1 Å². The van der Waals surface area contributed by atoms with E-state index in [1.807, 2.05) is 0 Å². The van der Waals surface area contributed by atoms with Gasteiger partial charge in [0, 0.05) is 6.54 Å². The fourth-order valence-electron chi connectivity index (χ4n) is 1.27. The molecule has 0 spiro atoms. The molecule has 1 rings (SSSR count). The number of benzene rings is 1. The van der Waals surface area contributed by atoms with Crippen LogP contribution in [0.5, 0.6) is 0 Å². The van der Waals surface area contributed by atoms with Gasteiger partial charge in [-0.3, -0.25) is 0 Å². The number of rotatable bonds is 3. The first-order chi connectivity index (χ1) is 6.86. The third kappa shape index (κ3) is 2.75. The van der Waals surface area contributed by atoms with E-state index in [-0.39, 0.29) is 11.4 Å². The van der Waals surface area contributed by atoms with Gasteiger partial charge in [-0.1, -0.05) is 12.1 Å². The van der Waals surface area contributed by atoms with E-state index in [4.69, 9.17) is 10.9 Å². The highest BCUT2D eigenvalue weighted by atomic mass is 32.2. The maximum Gasteiger partial charge on any atom is 0.238 e. The zero-order valence-corrected chi connectivity index (χ0v) is 9.16. The highest BCUT2D eigenvalue weighted by molar-refractivity contribution is 7.89. The lowest BCUT2D eigenvalue weighted by atomic mass is 10.1. The molecule has 0 saturated heterocycles. The van der Waals surface area contributed by atoms with Crippen molar-refractivity contribution in [3.63, 3.8) is 0 Å². The van der Waals surface area contributed by atoms with Crippen molar-refractivity contribution in [1.29, 1.82) is 0 Å². The van der Waals surface area contributed by atoms with Gasteiger partial charge >= 0.3 is 0 Å². The summed E-state index contributed by atoms with van der Waals surface area (Å²) in [7, 11) is -3.75. The van der Waals surface area contributed by atoms with Crippen molar-refractivity contribution in [3.05, 3.63) is 29.3 Å². The summed E-state index contributed by atoms with van der Waals surface area (Å²) in [5.41, 5.74) is 6.27. The molecule has 1 aromatic rings. The maximum atomic E-state index is 11.2. The summed E-state index contributed by atoms with van der Waals surface area (Å²) in [6.07, 6.45) is -0.869. The minimum absolute atomic E-state index is 0.0208. The summed E-state index contributed by atoms with van der Waals surface area (Å²) in [6, 6.07) is 4.57. The van der Waals surface area contributed by atoms with Crippen LogP contribution in [-0.4, -0.2) is 20.1 Å². The van der Waals surface area contributed by atoms with Gasteiger partial charge in [-0.2, -0.15) is 0 Å². The number of nitrogens with two attached hydrogens (primary N) is 2. The van der Waals surface area contributed by atoms with Crippen molar-refractivity contribution in [1.82, 2.24) is 0 Å². The van der Waals surface area contributed by atoms with Gasteiger partial charge in [0.25, 0.3) is 0 Å². The molecule has 0 amide bonds. The van der Waals surface area contributed by atoms with E-state index in [9.17, 15) is 13.5 Å². The highest BCUT2D eigenvalue weighted by Gasteiger charge is 2.14. The van der Waals surface area contributed by atoms with Crippen molar-refractivity contribution in [3.8, 4) is 0 Å². The summed E-state index contributed by atoms with van der Waals surface area (Å²) in [4.78, 5) is 0.0208. The quantitative estimate of drug-likeness (QED) is 0.658. The second-order valence-electron chi connectivity index (χ2n) is 3.32. The lowest BCUT2D eigenvalue weighted by Gasteiger charge is -2.10. The van der Waals surface area contributed by atoms with Crippen LogP contribution in [0.4, 0.5) is 0 Å². The largest absolute Gasteiger partial charge is 0.387 e. The normalized spacial score (nSPS) is 13.9. The van der Waals surface area contributed by atoms with Gasteiger partial charge in [-0.05, 0) is 24.1 Å². The molecular weight excluding hydrogens is 216 g/mol. The molecule has 84 valence electrons. The van der Waals surface area contributed by atoms with Gasteiger partial charge in [0.15, 0.2) is 0 Å². The van der Waals surface area contributed by atoms with Crippen molar-refractivity contribution < 1.29 is 13.5 Å². The van der Waals surface area contributed by atoms with E-state index in [0.29, 0.717) is 11.1 Å². The Morgan fingerprint density at radius 1 is 1.47 bits per heavy atom. The molecule has 0 aliphatic heterocycles. The predicted octanol–water partition coefficient (Wildman–Crippen LogP) is -0.365. The molecule has 1 aromatic carbocycles. The smallest absolute Gasteiger partial charge is 0.238 e. The first-order valence-corrected chi connectivity index (χ1v) is 5.92. The van der Waals surface area contributed by atoms with Crippen LogP contribution in [0.25, 0.3) is 0 Å². The fraction of sp³-hybridized carbons (Fsp3) is 0.333. The van der Waals surface area contributed by atoms with Crippen LogP contribution in [-0.2, 0) is 10.0 Å². The van der Waals surface area contributed by atoms with Crippen LogP contribution in [0.1, 0.15) is 17.2 Å². The zero-order valence-electron chi connectivity index (χ0n) is 8.34. The fourth-order valence-corrected chi connectivity index (χ4v) is 2.08. The second-order valence-corrected chi connectivity index (χ2v) is 4.85. The standard InChI is InChI=1S/C9H14N2O3S/c1-6-2-3-7(8(12)5-10)4-9(6)15(11,13)14/h2-4,8,12H,5,10H2,1H3,(H2,11,13,14). The monoisotopic (exact) mass is 230 g/mol. The Balaban J connectivity index is 3.29. The van der Waals surface area contributed by atoms with Crippen LogP contribution >= 0.6 is 0 Å². The summed E-state index contributed by atoms with van der Waals surface area (Å²) < 4.78 is 22.4. The first-order valence-electron chi connectivity index (χ1n) is 4.37. The molecule has 5 nitrogen and oxygen atoms in total. The van der Waals surface area contributed by atoms with Crippen molar-refractivity contribution in [2.75, 3.05) is 6.54 Å². The Bertz CT molecular complexity index is 456. The zero-order chi connectivity index (χ0) is 11.6. The molecule has 0 radical (unpaired) electrons. The van der Waals surface area contributed by atoms with Crippen LogP contribution in [0.3, 0.4) is 0 Å². The summed E-state index contributed by atoms with van der Waals surface area (Å²) in [5, 5.41) is 14.5. The maximum absolute atomic E-state index is 11.2. The van der Waals surface area contributed by atoms with Crippen LogP contribution in [0.2, 0.25) is 0 Å². The van der Waals surface area contributed by atoms with Gasteiger partial charge in [-0.15, -0.1) is 0 Å². The average Bonchev–Trinajstić information content (AvgIpc) is 2.15. The Kier molecular flexibility index (Phi) is 3.46. The van der Waals surface area contributed by atoms with Gasteiger partial charge in [0.2, 0.25) is 10.0 Å². The number of hydrogen-bond acceptors (Lipinski definition) is 4. The molecule has 0 bridgehead atoms. The van der Waals surface area contributed by atoms with E-state index in [0.717, 1.165) is 0 Å². The molecule has 1 atom stereocenters. The number of primary sulfonamides is 1. The van der Waals surface area contributed by atoms with E-state index >= 15 is 0 Å².